The van der Waals surface area contributed by atoms with E-state index in [0.29, 0.717) is 0 Å². The fourth-order valence-corrected chi connectivity index (χ4v) is 12.9. The number of hydrogen-bond acceptors (Lipinski definition) is 4. The molecule has 2 aliphatic heterocycles. The van der Waals surface area contributed by atoms with Crippen LogP contribution >= 0.6 is 11.3 Å². The van der Waals surface area contributed by atoms with Gasteiger partial charge in [-0.25, -0.2) is 0 Å². The molecule has 1 aliphatic carbocycles. The lowest BCUT2D eigenvalue weighted by molar-refractivity contribution is 0.332. The van der Waals surface area contributed by atoms with Crippen molar-refractivity contribution in [3.05, 3.63) is 161 Å². The molecule has 0 amide bonds. The van der Waals surface area contributed by atoms with Gasteiger partial charge in [0.25, 0.3) is 0 Å². The van der Waals surface area contributed by atoms with E-state index in [2.05, 4.69) is 219 Å². The number of thiophene rings is 1. The van der Waals surface area contributed by atoms with Gasteiger partial charge in [0.15, 0.2) is 0 Å². The molecule has 0 saturated heterocycles. The third-order valence-corrected chi connectivity index (χ3v) is 16.7. The Kier molecular flexibility index (Phi) is 8.78. The van der Waals surface area contributed by atoms with E-state index in [9.17, 15) is 0 Å². The van der Waals surface area contributed by atoms with E-state index in [1.54, 1.807) is 0 Å². The van der Waals surface area contributed by atoms with Crippen molar-refractivity contribution in [1.82, 2.24) is 0 Å². The maximum absolute atomic E-state index is 7.06. The van der Waals surface area contributed by atoms with Gasteiger partial charge in [0, 0.05) is 48.4 Å². The molecule has 0 spiro atoms. The van der Waals surface area contributed by atoms with Crippen LogP contribution in [-0.2, 0) is 21.7 Å². The SMILES string of the molecule is Cc1cc2c3c(c1)N(c1ccc(C(C)(C)C)cc1-c1ccccc1)c1c(sc4ccccc14)B3N(c1ccc(C(C)(C)C)cc1)c1c-2ccc2oc3cc4c(cc3c12)C(C)(C)CCC4(C)C. The highest BCUT2D eigenvalue weighted by molar-refractivity contribution is 7.32. The minimum atomic E-state index is -0.107. The van der Waals surface area contributed by atoms with Crippen LogP contribution in [0.15, 0.2) is 138 Å². The summed E-state index contributed by atoms with van der Waals surface area (Å²) in [5.74, 6) is 0. The number of aryl methyl sites for hydroxylation is 1. The Labute approximate surface area is 395 Å². The Morgan fingerprint density at radius 3 is 1.95 bits per heavy atom. The van der Waals surface area contributed by atoms with Gasteiger partial charge in [-0.05, 0) is 146 Å². The van der Waals surface area contributed by atoms with Crippen LogP contribution in [0.25, 0.3) is 54.3 Å². The number of nitrogens with zero attached hydrogens (tertiary/aromatic N) is 2. The van der Waals surface area contributed by atoms with Crippen LogP contribution in [0.3, 0.4) is 0 Å². The Morgan fingerprint density at radius 1 is 0.576 bits per heavy atom. The summed E-state index contributed by atoms with van der Waals surface area (Å²) in [5, 5.41) is 3.69. The van der Waals surface area contributed by atoms with Gasteiger partial charge in [0.1, 0.15) is 11.2 Å². The molecule has 9 aromatic rings. The number of benzene rings is 7. The van der Waals surface area contributed by atoms with E-state index in [1.807, 2.05) is 11.3 Å². The Bertz CT molecular complexity index is 3470. The van der Waals surface area contributed by atoms with E-state index in [4.69, 9.17) is 4.42 Å². The molecule has 66 heavy (non-hydrogen) atoms. The summed E-state index contributed by atoms with van der Waals surface area (Å²) in [4.78, 5) is 5.35. The summed E-state index contributed by atoms with van der Waals surface area (Å²) in [5.41, 5.74) is 21.3. The van der Waals surface area contributed by atoms with Crippen molar-refractivity contribution < 1.29 is 4.42 Å². The average molecular weight is 879 g/mol. The minimum absolute atomic E-state index is 0.0155. The first-order chi connectivity index (χ1) is 31.4. The average Bonchev–Trinajstić information content (AvgIpc) is 3.86. The van der Waals surface area contributed by atoms with Crippen molar-refractivity contribution in [3.63, 3.8) is 0 Å². The molecular formula is C61H59BN2OS. The maximum Gasteiger partial charge on any atom is 0.343 e. The lowest BCUT2D eigenvalue weighted by Gasteiger charge is -2.45. The van der Waals surface area contributed by atoms with Gasteiger partial charge < -0.3 is 14.1 Å². The molecule has 0 unspecified atom stereocenters. The third-order valence-electron chi connectivity index (χ3n) is 15.5. The molecule has 0 atom stereocenters. The summed E-state index contributed by atoms with van der Waals surface area (Å²) in [6, 6.07) is 51.3. The standard InChI is InChI=1S/C61H59BN2OS/c1-36-31-44-41-26-28-50-53(45-34-46-47(35-51(45)65-50)61(10,11)30-29-60(46,8)9)55(41)64(40-24-21-38(22-25-40)58(2,3)4)62-54(44)49(32-36)63(56-42-19-15-16-20-52(42)66-57(56)62)48-27-23-39(59(5,6)7)33-43(48)37-17-13-12-14-18-37/h12-28,31-35H,29-30H2,1-11H3. The first kappa shape index (κ1) is 41.4. The van der Waals surface area contributed by atoms with Crippen molar-refractivity contribution in [3.8, 4) is 22.3 Å². The van der Waals surface area contributed by atoms with E-state index < -0.39 is 0 Å². The first-order valence-corrected chi connectivity index (χ1v) is 24.8. The fourth-order valence-electron chi connectivity index (χ4n) is 11.6. The lowest BCUT2D eigenvalue weighted by Crippen LogP contribution is -2.60. The number of fused-ring (bicyclic) bond motifs is 11. The molecule has 328 valence electrons. The molecule has 4 heterocycles. The van der Waals surface area contributed by atoms with E-state index in [1.165, 1.54) is 110 Å². The quantitative estimate of drug-likeness (QED) is 0.165. The van der Waals surface area contributed by atoms with Crippen molar-refractivity contribution >= 4 is 88.9 Å². The maximum atomic E-state index is 7.06. The minimum Gasteiger partial charge on any atom is -0.456 e. The largest absolute Gasteiger partial charge is 0.456 e. The molecular weight excluding hydrogens is 820 g/mol. The smallest absolute Gasteiger partial charge is 0.343 e. The summed E-state index contributed by atoms with van der Waals surface area (Å²) < 4.78 is 9.71. The van der Waals surface area contributed by atoms with Gasteiger partial charge in [-0.15, -0.1) is 11.3 Å². The van der Waals surface area contributed by atoms with E-state index >= 15 is 0 Å². The van der Waals surface area contributed by atoms with Gasteiger partial charge in [0.05, 0.1) is 16.8 Å². The normalized spacial score (nSPS) is 16.1. The summed E-state index contributed by atoms with van der Waals surface area (Å²) in [6.07, 6.45) is 2.32. The number of rotatable bonds is 3. The van der Waals surface area contributed by atoms with Crippen LogP contribution in [0.4, 0.5) is 28.4 Å². The summed E-state index contributed by atoms with van der Waals surface area (Å²) in [7, 11) is 0. The van der Waals surface area contributed by atoms with E-state index in [-0.39, 0.29) is 28.5 Å². The zero-order chi connectivity index (χ0) is 45.8. The van der Waals surface area contributed by atoms with Crippen LogP contribution in [-0.4, -0.2) is 6.85 Å². The molecule has 0 bridgehead atoms. The van der Waals surface area contributed by atoms with Gasteiger partial charge in [-0.1, -0.05) is 142 Å². The predicted molar refractivity (Wildman–Crippen MR) is 286 cm³/mol. The highest BCUT2D eigenvalue weighted by atomic mass is 32.1. The van der Waals surface area contributed by atoms with Crippen LogP contribution in [0, 0.1) is 6.92 Å². The summed E-state index contributed by atoms with van der Waals surface area (Å²) >= 11 is 1.95. The van der Waals surface area contributed by atoms with Gasteiger partial charge >= 0.3 is 6.85 Å². The van der Waals surface area contributed by atoms with E-state index in [0.717, 1.165) is 24.0 Å². The zero-order valence-corrected chi connectivity index (χ0v) is 41.2. The molecule has 3 nitrogen and oxygen atoms in total. The Morgan fingerprint density at radius 2 is 1.24 bits per heavy atom. The molecule has 3 aliphatic rings. The van der Waals surface area contributed by atoms with Crippen LogP contribution in [0.5, 0.6) is 0 Å². The monoisotopic (exact) mass is 878 g/mol. The molecule has 5 heteroatoms. The molecule has 12 rings (SSSR count). The molecule has 0 radical (unpaired) electrons. The highest BCUT2D eigenvalue weighted by Gasteiger charge is 2.48. The van der Waals surface area contributed by atoms with Crippen molar-refractivity contribution in [2.75, 3.05) is 9.71 Å². The molecule has 0 fully saturated rings. The molecule has 0 saturated carbocycles. The van der Waals surface area contributed by atoms with Crippen LogP contribution < -0.4 is 20.0 Å². The number of furan rings is 1. The second-order valence-electron chi connectivity index (χ2n) is 22.9. The lowest BCUT2D eigenvalue weighted by atomic mass is 9.46. The van der Waals surface area contributed by atoms with Crippen molar-refractivity contribution in [2.24, 2.45) is 0 Å². The molecule has 7 aromatic carbocycles. The molecule has 2 aromatic heterocycles. The van der Waals surface area contributed by atoms with Gasteiger partial charge in [0.2, 0.25) is 0 Å². The van der Waals surface area contributed by atoms with Crippen molar-refractivity contribution in [1.29, 1.82) is 0 Å². The van der Waals surface area contributed by atoms with Crippen LogP contribution in [0.1, 0.15) is 110 Å². The predicted octanol–water partition coefficient (Wildman–Crippen LogP) is 16.4. The number of anilines is 5. The first-order valence-electron chi connectivity index (χ1n) is 24.0. The topological polar surface area (TPSA) is 19.6 Å². The fraction of sp³-hybridized carbons (Fsp3) is 0.279. The molecule has 0 N–H and O–H groups in total. The zero-order valence-electron chi connectivity index (χ0n) is 40.4. The Balaban J connectivity index is 1.22. The van der Waals surface area contributed by atoms with Crippen molar-refractivity contribution in [2.45, 2.75) is 111 Å². The number of hydrogen-bond donors (Lipinski definition) is 0. The highest BCUT2D eigenvalue weighted by Crippen LogP contribution is 2.56. The summed E-state index contributed by atoms with van der Waals surface area (Å²) in [6.45, 7) is 25.8. The van der Waals surface area contributed by atoms with Crippen LogP contribution in [0.2, 0.25) is 0 Å². The second kappa shape index (κ2) is 14.0. The Hall–Kier alpha value is -6.04. The van der Waals surface area contributed by atoms with Gasteiger partial charge in [-0.3, -0.25) is 0 Å². The third kappa shape index (κ3) is 6.07. The second-order valence-corrected chi connectivity index (χ2v) is 24.0. The van der Waals surface area contributed by atoms with Gasteiger partial charge in [-0.2, -0.15) is 0 Å².